The summed E-state index contributed by atoms with van der Waals surface area (Å²) in [6.07, 6.45) is 0. The number of benzene rings is 1. The SMILES string of the molecule is Cc1cccc(-c2ccc3c(n2)OCC(=O)N3)c1Cl. The van der Waals surface area contributed by atoms with E-state index in [1.54, 1.807) is 6.07 Å². The Hall–Kier alpha value is -2.07. The predicted molar refractivity (Wildman–Crippen MR) is 73.5 cm³/mol. The molecule has 1 aromatic carbocycles. The maximum Gasteiger partial charge on any atom is 0.262 e. The summed E-state index contributed by atoms with van der Waals surface area (Å²) in [5.41, 5.74) is 3.16. The summed E-state index contributed by atoms with van der Waals surface area (Å²) in [5, 5.41) is 3.38. The fraction of sp³-hybridized carbons (Fsp3) is 0.143. The number of fused-ring (bicyclic) bond motifs is 1. The first-order chi connectivity index (χ1) is 9.15. The Kier molecular flexibility index (Phi) is 2.87. The molecule has 0 atom stereocenters. The molecular formula is C14H11ClN2O2. The van der Waals surface area contributed by atoms with Gasteiger partial charge in [-0.15, -0.1) is 0 Å². The number of nitrogens with zero attached hydrogens (tertiary/aromatic N) is 1. The van der Waals surface area contributed by atoms with Crippen LogP contribution in [-0.4, -0.2) is 17.5 Å². The van der Waals surface area contributed by atoms with Gasteiger partial charge in [-0.05, 0) is 24.6 Å². The number of ether oxygens (including phenoxy) is 1. The number of nitrogens with one attached hydrogen (secondary N) is 1. The van der Waals surface area contributed by atoms with Gasteiger partial charge in [-0.25, -0.2) is 4.98 Å². The highest BCUT2D eigenvalue weighted by Gasteiger charge is 2.18. The Labute approximate surface area is 115 Å². The number of hydrogen-bond acceptors (Lipinski definition) is 3. The average molecular weight is 275 g/mol. The third-order valence-corrected chi connectivity index (χ3v) is 3.44. The van der Waals surface area contributed by atoms with Crippen LogP contribution >= 0.6 is 11.6 Å². The molecular weight excluding hydrogens is 264 g/mol. The van der Waals surface area contributed by atoms with Crippen LogP contribution in [0, 0.1) is 6.92 Å². The number of pyridine rings is 1. The van der Waals surface area contributed by atoms with Gasteiger partial charge in [0, 0.05) is 5.56 Å². The van der Waals surface area contributed by atoms with E-state index < -0.39 is 0 Å². The van der Waals surface area contributed by atoms with Gasteiger partial charge in [0.2, 0.25) is 5.88 Å². The predicted octanol–water partition coefficient (Wildman–Crippen LogP) is 3.04. The number of amides is 1. The molecule has 1 aromatic heterocycles. The standard InChI is InChI=1S/C14H11ClN2O2/c1-8-3-2-4-9(13(8)15)10-5-6-11-14(17-10)19-7-12(18)16-11/h2-6H,7H2,1H3,(H,16,18). The number of aryl methyl sites for hydroxylation is 1. The zero-order chi connectivity index (χ0) is 13.4. The molecule has 2 aromatic rings. The van der Waals surface area contributed by atoms with Crippen LogP contribution in [0.1, 0.15) is 5.56 Å². The number of aromatic nitrogens is 1. The Morgan fingerprint density at radius 2 is 2.16 bits per heavy atom. The molecule has 96 valence electrons. The number of hydrogen-bond donors (Lipinski definition) is 1. The molecule has 0 unspecified atom stereocenters. The van der Waals surface area contributed by atoms with Gasteiger partial charge in [0.15, 0.2) is 6.61 Å². The second-order valence-electron chi connectivity index (χ2n) is 4.32. The van der Waals surface area contributed by atoms with Crippen molar-refractivity contribution in [2.24, 2.45) is 0 Å². The van der Waals surface area contributed by atoms with Crippen LogP contribution in [0.25, 0.3) is 11.3 Å². The molecule has 0 spiro atoms. The van der Waals surface area contributed by atoms with Crippen molar-refractivity contribution in [2.45, 2.75) is 6.92 Å². The van der Waals surface area contributed by atoms with Crippen LogP contribution in [0.2, 0.25) is 5.02 Å². The molecule has 2 heterocycles. The zero-order valence-corrected chi connectivity index (χ0v) is 11.0. The summed E-state index contributed by atoms with van der Waals surface area (Å²) < 4.78 is 5.30. The van der Waals surface area contributed by atoms with Crippen LogP contribution in [0.15, 0.2) is 30.3 Å². The molecule has 0 saturated carbocycles. The number of halogens is 1. The summed E-state index contributed by atoms with van der Waals surface area (Å²) in [5.74, 6) is 0.255. The van der Waals surface area contributed by atoms with E-state index in [2.05, 4.69) is 10.3 Å². The van der Waals surface area contributed by atoms with Gasteiger partial charge in [-0.2, -0.15) is 0 Å². The Morgan fingerprint density at radius 1 is 1.32 bits per heavy atom. The first-order valence-electron chi connectivity index (χ1n) is 5.84. The van der Waals surface area contributed by atoms with Crippen LogP contribution in [-0.2, 0) is 4.79 Å². The van der Waals surface area contributed by atoms with E-state index in [9.17, 15) is 4.79 Å². The van der Waals surface area contributed by atoms with Gasteiger partial charge in [-0.1, -0.05) is 29.8 Å². The van der Waals surface area contributed by atoms with Crippen molar-refractivity contribution in [3.8, 4) is 17.1 Å². The van der Waals surface area contributed by atoms with Crippen LogP contribution in [0.5, 0.6) is 5.88 Å². The lowest BCUT2D eigenvalue weighted by atomic mass is 10.1. The maximum atomic E-state index is 11.2. The van der Waals surface area contributed by atoms with Crippen molar-refractivity contribution >= 4 is 23.2 Å². The lowest BCUT2D eigenvalue weighted by Gasteiger charge is -2.17. The normalized spacial score (nSPS) is 13.5. The second-order valence-corrected chi connectivity index (χ2v) is 4.70. The summed E-state index contributed by atoms with van der Waals surface area (Å²) in [6.45, 7) is 1.94. The Morgan fingerprint density at radius 3 is 3.00 bits per heavy atom. The van der Waals surface area contributed by atoms with Crippen molar-refractivity contribution in [3.05, 3.63) is 40.9 Å². The van der Waals surface area contributed by atoms with Gasteiger partial charge in [-0.3, -0.25) is 4.79 Å². The number of carbonyl (C=O) groups excluding carboxylic acids is 1. The first kappa shape index (κ1) is 12.0. The number of anilines is 1. The van der Waals surface area contributed by atoms with Crippen LogP contribution in [0.3, 0.4) is 0 Å². The molecule has 3 rings (SSSR count). The molecule has 0 fully saturated rings. The van der Waals surface area contributed by atoms with E-state index in [1.165, 1.54) is 0 Å². The first-order valence-corrected chi connectivity index (χ1v) is 6.22. The molecule has 19 heavy (non-hydrogen) atoms. The summed E-state index contributed by atoms with van der Waals surface area (Å²) in [4.78, 5) is 15.6. The molecule has 1 aliphatic rings. The van der Waals surface area contributed by atoms with Gasteiger partial charge in [0.1, 0.15) is 5.69 Å². The summed E-state index contributed by atoms with van der Waals surface area (Å²) in [7, 11) is 0. The Bertz CT molecular complexity index is 670. The molecule has 1 N–H and O–H groups in total. The van der Waals surface area contributed by atoms with Gasteiger partial charge in [0.25, 0.3) is 5.91 Å². The minimum Gasteiger partial charge on any atom is -0.466 e. The molecule has 0 aliphatic carbocycles. The highest BCUT2D eigenvalue weighted by atomic mass is 35.5. The van der Waals surface area contributed by atoms with E-state index in [-0.39, 0.29) is 12.5 Å². The van der Waals surface area contributed by atoms with Crippen LogP contribution in [0.4, 0.5) is 5.69 Å². The molecule has 4 nitrogen and oxygen atoms in total. The van der Waals surface area contributed by atoms with Gasteiger partial charge in [0.05, 0.1) is 10.7 Å². The monoisotopic (exact) mass is 274 g/mol. The lowest BCUT2D eigenvalue weighted by Crippen LogP contribution is -2.25. The largest absolute Gasteiger partial charge is 0.466 e. The minimum atomic E-state index is -0.171. The van der Waals surface area contributed by atoms with Crippen molar-refractivity contribution in [2.75, 3.05) is 11.9 Å². The van der Waals surface area contributed by atoms with E-state index in [1.807, 2.05) is 31.2 Å². The van der Waals surface area contributed by atoms with E-state index in [0.717, 1.165) is 16.8 Å². The topological polar surface area (TPSA) is 51.2 Å². The fourth-order valence-corrected chi connectivity index (χ4v) is 2.18. The molecule has 1 aliphatic heterocycles. The van der Waals surface area contributed by atoms with E-state index in [0.29, 0.717) is 16.6 Å². The fourth-order valence-electron chi connectivity index (χ4n) is 1.96. The van der Waals surface area contributed by atoms with E-state index >= 15 is 0 Å². The third kappa shape index (κ3) is 2.15. The second kappa shape index (κ2) is 4.55. The van der Waals surface area contributed by atoms with Crippen LogP contribution < -0.4 is 10.1 Å². The smallest absolute Gasteiger partial charge is 0.262 e. The highest BCUT2D eigenvalue weighted by molar-refractivity contribution is 6.34. The van der Waals surface area contributed by atoms with Crippen molar-refractivity contribution in [3.63, 3.8) is 0 Å². The highest BCUT2D eigenvalue weighted by Crippen LogP contribution is 2.33. The quantitative estimate of drug-likeness (QED) is 0.869. The van der Waals surface area contributed by atoms with Crippen molar-refractivity contribution in [1.82, 2.24) is 4.98 Å². The molecule has 0 saturated heterocycles. The minimum absolute atomic E-state index is 0.00893. The zero-order valence-electron chi connectivity index (χ0n) is 10.2. The third-order valence-electron chi connectivity index (χ3n) is 2.94. The van der Waals surface area contributed by atoms with Gasteiger partial charge < -0.3 is 10.1 Å². The average Bonchev–Trinajstić information content (AvgIpc) is 2.41. The number of rotatable bonds is 1. The van der Waals surface area contributed by atoms with Crippen molar-refractivity contribution in [1.29, 1.82) is 0 Å². The van der Waals surface area contributed by atoms with Crippen molar-refractivity contribution < 1.29 is 9.53 Å². The van der Waals surface area contributed by atoms with E-state index in [4.69, 9.17) is 16.3 Å². The molecule has 0 bridgehead atoms. The number of carbonyl (C=O) groups is 1. The summed E-state index contributed by atoms with van der Waals surface area (Å²) in [6, 6.07) is 9.37. The maximum absolute atomic E-state index is 11.2. The lowest BCUT2D eigenvalue weighted by molar-refractivity contribution is -0.118. The Balaban J connectivity index is 2.07. The van der Waals surface area contributed by atoms with Gasteiger partial charge >= 0.3 is 0 Å². The molecule has 1 amide bonds. The summed E-state index contributed by atoms with van der Waals surface area (Å²) >= 11 is 6.28. The molecule has 0 radical (unpaired) electrons. The molecule has 5 heteroatoms.